The second kappa shape index (κ2) is 9.59. The van der Waals surface area contributed by atoms with Gasteiger partial charge in [-0.3, -0.25) is 9.88 Å². The summed E-state index contributed by atoms with van der Waals surface area (Å²) in [5.74, 6) is -1.30. The van der Waals surface area contributed by atoms with Crippen LogP contribution in [0.5, 0.6) is 0 Å². The van der Waals surface area contributed by atoms with Crippen molar-refractivity contribution >= 4 is 17.3 Å². The Balaban J connectivity index is 1.52. The number of hydrogen-bond acceptors (Lipinski definition) is 5. The molecule has 0 atom stereocenters. The number of nitrogens with zero attached hydrogens (tertiary/aromatic N) is 3. The molecule has 2 aromatic heterocycles. The molecule has 0 radical (unpaired) electrons. The van der Waals surface area contributed by atoms with Crippen molar-refractivity contribution in [2.24, 2.45) is 0 Å². The maximum absolute atomic E-state index is 13.3. The first-order valence-electron chi connectivity index (χ1n) is 9.70. The van der Waals surface area contributed by atoms with Gasteiger partial charge >= 0.3 is 5.97 Å². The van der Waals surface area contributed by atoms with Crippen molar-refractivity contribution in [2.75, 3.05) is 0 Å². The zero-order chi connectivity index (χ0) is 21.6. The molecule has 0 spiro atoms. The molecular weight excluding hydrogens is 413 g/mol. The average molecular weight is 434 g/mol. The van der Waals surface area contributed by atoms with Crippen LogP contribution in [-0.2, 0) is 19.6 Å². The topological polar surface area (TPSA) is 66.3 Å². The molecule has 156 valence electrons. The van der Waals surface area contributed by atoms with Gasteiger partial charge < -0.3 is 5.11 Å². The van der Waals surface area contributed by atoms with E-state index < -0.39 is 5.97 Å². The molecule has 4 aromatic rings. The standard InChI is InChI=1S/C24H20FN3O2S/c25-21-7-3-18(4-8-21)14-28(15-23-27-22(16-31-23)24(29)30)13-17-1-5-19(6-2-17)20-9-11-26-12-10-20/h1-12,16H,13-15H2,(H,29,30). The highest BCUT2D eigenvalue weighted by molar-refractivity contribution is 7.09. The zero-order valence-corrected chi connectivity index (χ0v) is 17.4. The van der Waals surface area contributed by atoms with Crippen molar-refractivity contribution < 1.29 is 14.3 Å². The second-order valence-corrected chi connectivity index (χ2v) is 8.08. The monoisotopic (exact) mass is 433 g/mol. The van der Waals surface area contributed by atoms with Crippen molar-refractivity contribution in [3.63, 3.8) is 0 Å². The van der Waals surface area contributed by atoms with Gasteiger partial charge in [0.15, 0.2) is 5.69 Å². The van der Waals surface area contributed by atoms with E-state index >= 15 is 0 Å². The molecule has 0 bridgehead atoms. The normalized spacial score (nSPS) is 11.0. The van der Waals surface area contributed by atoms with Crippen molar-refractivity contribution in [2.45, 2.75) is 19.6 Å². The van der Waals surface area contributed by atoms with Crippen molar-refractivity contribution in [1.29, 1.82) is 0 Å². The van der Waals surface area contributed by atoms with Gasteiger partial charge in [-0.25, -0.2) is 14.2 Å². The third kappa shape index (κ3) is 5.59. The molecule has 5 nitrogen and oxygen atoms in total. The van der Waals surface area contributed by atoms with Gasteiger partial charge in [-0.1, -0.05) is 36.4 Å². The van der Waals surface area contributed by atoms with Crippen LogP contribution in [0.25, 0.3) is 11.1 Å². The summed E-state index contributed by atoms with van der Waals surface area (Å²) in [4.78, 5) is 21.6. The number of aromatic carboxylic acids is 1. The third-order valence-corrected chi connectivity index (χ3v) is 5.66. The number of aromatic nitrogens is 2. The fourth-order valence-electron chi connectivity index (χ4n) is 3.29. The minimum Gasteiger partial charge on any atom is -0.476 e. The molecular formula is C24H20FN3O2S. The van der Waals surface area contributed by atoms with Crippen LogP contribution in [0.2, 0.25) is 0 Å². The fourth-order valence-corrected chi connectivity index (χ4v) is 4.10. The molecule has 2 aromatic carbocycles. The predicted molar refractivity (Wildman–Crippen MR) is 118 cm³/mol. The molecule has 0 aliphatic heterocycles. The van der Waals surface area contributed by atoms with E-state index in [0.717, 1.165) is 27.3 Å². The van der Waals surface area contributed by atoms with Crippen molar-refractivity contribution in [3.05, 3.63) is 106 Å². The molecule has 4 rings (SSSR count). The van der Waals surface area contributed by atoms with Gasteiger partial charge in [-0.15, -0.1) is 11.3 Å². The van der Waals surface area contributed by atoms with E-state index in [1.54, 1.807) is 29.9 Å². The van der Waals surface area contributed by atoms with E-state index in [1.807, 2.05) is 12.1 Å². The van der Waals surface area contributed by atoms with E-state index in [0.29, 0.717) is 19.6 Å². The molecule has 0 fully saturated rings. The summed E-state index contributed by atoms with van der Waals surface area (Å²) in [6.07, 6.45) is 3.54. The summed E-state index contributed by atoms with van der Waals surface area (Å²) in [5.41, 5.74) is 4.37. The lowest BCUT2D eigenvalue weighted by Crippen LogP contribution is -2.22. The number of pyridine rings is 1. The molecule has 1 N–H and O–H groups in total. The van der Waals surface area contributed by atoms with Crippen LogP contribution in [0.3, 0.4) is 0 Å². The molecule has 0 saturated carbocycles. The van der Waals surface area contributed by atoms with E-state index in [1.165, 1.54) is 23.5 Å². The van der Waals surface area contributed by atoms with Crippen LogP contribution < -0.4 is 0 Å². The van der Waals surface area contributed by atoms with Crippen molar-refractivity contribution in [3.8, 4) is 11.1 Å². The lowest BCUT2D eigenvalue weighted by Gasteiger charge is -2.22. The Labute approximate surface area is 183 Å². The maximum atomic E-state index is 13.3. The van der Waals surface area contributed by atoms with Gasteiger partial charge in [-0.2, -0.15) is 0 Å². The van der Waals surface area contributed by atoms with Gasteiger partial charge in [0.2, 0.25) is 0 Å². The Kier molecular flexibility index (Phi) is 6.45. The van der Waals surface area contributed by atoms with Gasteiger partial charge in [0, 0.05) is 30.9 Å². The molecule has 2 heterocycles. The van der Waals surface area contributed by atoms with Gasteiger partial charge in [0.05, 0.1) is 6.54 Å². The van der Waals surface area contributed by atoms with E-state index in [-0.39, 0.29) is 11.5 Å². The first-order chi connectivity index (χ1) is 15.1. The average Bonchev–Trinajstić information content (AvgIpc) is 3.25. The Morgan fingerprint density at radius 2 is 1.45 bits per heavy atom. The summed E-state index contributed by atoms with van der Waals surface area (Å²) in [6, 6.07) is 18.7. The molecule has 0 aliphatic carbocycles. The summed E-state index contributed by atoms with van der Waals surface area (Å²) in [6.45, 7) is 1.74. The highest BCUT2D eigenvalue weighted by Gasteiger charge is 2.14. The number of carbonyl (C=O) groups is 1. The Hall–Kier alpha value is -3.42. The first kappa shape index (κ1) is 20.8. The van der Waals surface area contributed by atoms with E-state index in [4.69, 9.17) is 5.11 Å². The van der Waals surface area contributed by atoms with Crippen LogP contribution >= 0.6 is 11.3 Å². The van der Waals surface area contributed by atoms with Gasteiger partial charge in [0.1, 0.15) is 10.8 Å². The number of hydrogen-bond donors (Lipinski definition) is 1. The molecule has 0 unspecified atom stereocenters. The molecule has 0 saturated heterocycles. The number of halogens is 1. The van der Waals surface area contributed by atoms with Crippen LogP contribution in [0.4, 0.5) is 4.39 Å². The molecule has 0 amide bonds. The Morgan fingerprint density at radius 3 is 2.03 bits per heavy atom. The third-order valence-electron chi connectivity index (χ3n) is 4.82. The lowest BCUT2D eigenvalue weighted by atomic mass is 10.0. The van der Waals surface area contributed by atoms with Gasteiger partial charge in [0.25, 0.3) is 0 Å². The summed E-state index contributed by atoms with van der Waals surface area (Å²) in [7, 11) is 0. The summed E-state index contributed by atoms with van der Waals surface area (Å²) < 4.78 is 13.3. The second-order valence-electron chi connectivity index (χ2n) is 7.14. The van der Waals surface area contributed by atoms with Crippen molar-refractivity contribution in [1.82, 2.24) is 14.9 Å². The molecule has 0 aliphatic rings. The number of benzene rings is 2. The van der Waals surface area contributed by atoms with E-state index in [9.17, 15) is 9.18 Å². The highest BCUT2D eigenvalue weighted by atomic mass is 32.1. The molecule has 31 heavy (non-hydrogen) atoms. The number of carboxylic acids is 1. The van der Waals surface area contributed by atoms with Crippen LogP contribution in [0.1, 0.15) is 26.6 Å². The number of rotatable bonds is 8. The minimum atomic E-state index is -1.03. The van der Waals surface area contributed by atoms with Crippen LogP contribution in [-0.4, -0.2) is 25.9 Å². The van der Waals surface area contributed by atoms with Crippen LogP contribution in [0.15, 0.2) is 78.4 Å². The summed E-state index contributed by atoms with van der Waals surface area (Å²) in [5, 5.41) is 11.4. The number of thiazole rings is 1. The van der Waals surface area contributed by atoms with Gasteiger partial charge in [-0.05, 0) is 46.5 Å². The smallest absolute Gasteiger partial charge is 0.355 e. The maximum Gasteiger partial charge on any atom is 0.355 e. The fraction of sp³-hybridized carbons (Fsp3) is 0.125. The largest absolute Gasteiger partial charge is 0.476 e. The quantitative estimate of drug-likeness (QED) is 0.411. The highest BCUT2D eigenvalue weighted by Crippen LogP contribution is 2.21. The number of carboxylic acid groups (broad SMARTS) is 1. The zero-order valence-electron chi connectivity index (χ0n) is 16.6. The molecule has 7 heteroatoms. The first-order valence-corrected chi connectivity index (χ1v) is 10.6. The summed E-state index contributed by atoms with van der Waals surface area (Å²) >= 11 is 1.33. The Morgan fingerprint density at radius 1 is 0.871 bits per heavy atom. The van der Waals surface area contributed by atoms with Crippen LogP contribution in [0, 0.1) is 5.82 Å². The SMILES string of the molecule is O=C(O)c1csc(CN(Cc2ccc(F)cc2)Cc2ccc(-c3ccncc3)cc2)n1. The van der Waals surface area contributed by atoms with E-state index in [2.05, 4.69) is 39.1 Å². The minimum absolute atomic E-state index is 0.0587. The Bertz CT molecular complexity index is 1150. The lowest BCUT2D eigenvalue weighted by molar-refractivity contribution is 0.0691. The predicted octanol–water partition coefficient (Wildman–Crippen LogP) is 5.24.